The molecule has 1 heterocycles. The number of carbonyl (C=O) groups is 1. The number of methoxy groups -OCH3 is 1. The van der Waals surface area contributed by atoms with Crippen LogP contribution in [0.3, 0.4) is 0 Å². The van der Waals surface area contributed by atoms with Crippen molar-refractivity contribution in [3.63, 3.8) is 0 Å². The van der Waals surface area contributed by atoms with Crippen LogP contribution >= 0.6 is 0 Å². The summed E-state index contributed by atoms with van der Waals surface area (Å²) in [7, 11) is -1.71. The lowest BCUT2D eigenvalue weighted by molar-refractivity contribution is -0.114. The van der Waals surface area contributed by atoms with E-state index in [-0.39, 0.29) is 17.3 Å². The molecule has 0 saturated carbocycles. The van der Waals surface area contributed by atoms with Gasteiger partial charge in [-0.3, -0.25) is 4.79 Å². The smallest absolute Gasteiger partial charge is 0.243 e. The molecular formula is C22H20N2O5S. The zero-order valence-electron chi connectivity index (χ0n) is 16.4. The third-order valence-corrected chi connectivity index (χ3v) is 5.83. The second-order valence-corrected chi connectivity index (χ2v) is 8.86. The number of para-hydroxylation sites is 1. The molecule has 0 fully saturated rings. The normalized spacial score (nSPS) is 11.5. The van der Waals surface area contributed by atoms with E-state index in [1.165, 1.54) is 12.1 Å². The van der Waals surface area contributed by atoms with E-state index in [2.05, 4.69) is 10.6 Å². The van der Waals surface area contributed by atoms with E-state index in [0.29, 0.717) is 22.7 Å². The minimum Gasteiger partial charge on any atom is -0.495 e. The van der Waals surface area contributed by atoms with Crippen LogP contribution in [0.2, 0.25) is 0 Å². The molecule has 4 aromatic rings. The van der Waals surface area contributed by atoms with Crippen molar-refractivity contribution in [2.75, 3.05) is 30.5 Å². The van der Waals surface area contributed by atoms with Gasteiger partial charge in [-0.05, 0) is 36.4 Å². The molecule has 0 bridgehead atoms. The number of amides is 1. The number of carbonyl (C=O) groups excluding carboxylic acids is 1. The monoisotopic (exact) mass is 424 g/mol. The number of rotatable bonds is 6. The van der Waals surface area contributed by atoms with Gasteiger partial charge < -0.3 is 19.8 Å². The molecule has 0 unspecified atom stereocenters. The third kappa shape index (κ3) is 3.95. The number of ether oxygens (including phenoxy) is 1. The summed E-state index contributed by atoms with van der Waals surface area (Å²) in [5.41, 5.74) is 2.61. The highest BCUT2D eigenvalue weighted by Crippen LogP contribution is 2.36. The molecule has 0 spiro atoms. The number of anilines is 2. The van der Waals surface area contributed by atoms with Crippen LogP contribution in [0.4, 0.5) is 11.4 Å². The Morgan fingerprint density at radius 1 is 1.00 bits per heavy atom. The Bertz CT molecular complexity index is 1340. The quantitative estimate of drug-likeness (QED) is 0.485. The summed E-state index contributed by atoms with van der Waals surface area (Å²) in [6, 6.07) is 17.4. The van der Waals surface area contributed by atoms with Crippen LogP contribution in [-0.4, -0.2) is 34.2 Å². The highest BCUT2D eigenvalue weighted by atomic mass is 32.2. The van der Waals surface area contributed by atoms with Crippen molar-refractivity contribution in [1.82, 2.24) is 0 Å². The number of hydrogen-bond acceptors (Lipinski definition) is 6. The number of fused-ring (bicyclic) bond motifs is 3. The maximum Gasteiger partial charge on any atom is 0.243 e. The molecule has 30 heavy (non-hydrogen) atoms. The first kappa shape index (κ1) is 19.8. The molecule has 0 atom stereocenters. The van der Waals surface area contributed by atoms with E-state index >= 15 is 0 Å². The van der Waals surface area contributed by atoms with E-state index in [9.17, 15) is 13.2 Å². The summed E-state index contributed by atoms with van der Waals surface area (Å²) in [4.78, 5) is 12.5. The molecule has 154 valence electrons. The maximum absolute atomic E-state index is 12.3. The number of hydrogen-bond donors (Lipinski definition) is 2. The summed E-state index contributed by atoms with van der Waals surface area (Å²) in [6.07, 6.45) is 1.14. The highest BCUT2D eigenvalue weighted by molar-refractivity contribution is 7.90. The molecule has 2 N–H and O–H groups in total. The summed E-state index contributed by atoms with van der Waals surface area (Å²) >= 11 is 0. The summed E-state index contributed by atoms with van der Waals surface area (Å²) < 4.78 is 34.4. The molecular weight excluding hydrogens is 404 g/mol. The average Bonchev–Trinajstić information content (AvgIpc) is 3.08. The maximum atomic E-state index is 12.3. The topological polar surface area (TPSA) is 97.6 Å². The second-order valence-electron chi connectivity index (χ2n) is 6.85. The molecule has 0 aliphatic rings. The molecule has 1 amide bonds. The molecule has 4 rings (SSSR count). The molecule has 0 saturated heterocycles. The molecule has 7 nitrogen and oxygen atoms in total. The van der Waals surface area contributed by atoms with Crippen LogP contribution < -0.4 is 15.4 Å². The van der Waals surface area contributed by atoms with Crippen molar-refractivity contribution < 1.29 is 22.4 Å². The first-order valence-electron chi connectivity index (χ1n) is 9.18. The van der Waals surface area contributed by atoms with Gasteiger partial charge in [-0.25, -0.2) is 8.42 Å². The number of nitrogens with one attached hydrogen (secondary N) is 2. The van der Waals surface area contributed by atoms with Crippen molar-refractivity contribution in [2.24, 2.45) is 0 Å². The lowest BCUT2D eigenvalue weighted by Crippen LogP contribution is -2.22. The van der Waals surface area contributed by atoms with Crippen molar-refractivity contribution >= 4 is 49.1 Å². The van der Waals surface area contributed by atoms with Crippen molar-refractivity contribution in [3.8, 4) is 5.75 Å². The van der Waals surface area contributed by atoms with Gasteiger partial charge in [0.1, 0.15) is 16.9 Å². The predicted molar refractivity (Wildman–Crippen MR) is 117 cm³/mol. The second kappa shape index (κ2) is 7.72. The van der Waals surface area contributed by atoms with Gasteiger partial charge in [0.15, 0.2) is 9.84 Å². The van der Waals surface area contributed by atoms with Crippen LogP contribution in [0.1, 0.15) is 0 Å². The molecule has 0 aliphatic heterocycles. The van der Waals surface area contributed by atoms with Gasteiger partial charge in [-0.2, -0.15) is 0 Å². The SMILES string of the molecule is COc1cc2c(cc1NCC(=O)Nc1ccc(S(C)(=O)=O)cc1)oc1ccccc12. The average molecular weight is 424 g/mol. The first-order valence-corrected chi connectivity index (χ1v) is 11.1. The predicted octanol–water partition coefficient (Wildman–Crippen LogP) is 4.05. The van der Waals surface area contributed by atoms with E-state index in [0.717, 1.165) is 22.6 Å². The molecule has 1 aromatic heterocycles. The minimum absolute atomic E-state index is 0.00404. The summed E-state index contributed by atoms with van der Waals surface area (Å²) in [5.74, 6) is 0.313. The van der Waals surface area contributed by atoms with Gasteiger partial charge in [-0.15, -0.1) is 0 Å². The van der Waals surface area contributed by atoms with Gasteiger partial charge in [0.25, 0.3) is 0 Å². The Labute approximate surface area is 173 Å². The summed E-state index contributed by atoms with van der Waals surface area (Å²) in [5, 5.41) is 7.72. The van der Waals surface area contributed by atoms with Crippen LogP contribution in [0, 0.1) is 0 Å². The first-order chi connectivity index (χ1) is 14.3. The van der Waals surface area contributed by atoms with Crippen LogP contribution in [0.5, 0.6) is 5.75 Å². The fraction of sp³-hybridized carbons (Fsp3) is 0.136. The van der Waals surface area contributed by atoms with Gasteiger partial charge in [-0.1, -0.05) is 18.2 Å². The Kier molecular flexibility index (Phi) is 5.09. The van der Waals surface area contributed by atoms with E-state index in [1.807, 2.05) is 36.4 Å². The Morgan fingerprint density at radius 3 is 2.43 bits per heavy atom. The third-order valence-electron chi connectivity index (χ3n) is 4.70. The standard InChI is InChI=1S/C22H20N2O5S/c1-28-21-11-17-16-5-3-4-6-19(16)29-20(17)12-18(21)23-13-22(25)24-14-7-9-15(10-8-14)30(2,26)27/h3-12,23H,13H2,1-2H3,(H,24,25). The van der Waals surface area contributed by atoms with Crippen LogP contribution in [-0.2, 0) is 14.6 Å². The molecule has 3 aromatic carbocycles. The van der Waals surface area contributed by atoms with E-state index in [4.69, 9.17) is 9.15 Å². The van der Waals surface area contributed by atoms with Crippen molar-refractivity contribution in [1.29, 1.82) is 0 Å². The van der Waals surface area contributed by atoms with Gasteiger partial charge >= 0.3 is 0 Å². The minimum atomic E-state index is -3.28. The van der Waals surface area contributed by atoms with Crippen molar-refractivity contribution in [2.45, 2.75) is 4.90 Å². The zero-order chi connectivity index (χ0) is 21.3. The fourth-order valence-electron chi connectivity index (χ4n) is 3.22. The fourth-order valence-corrected chi connectivity index (χ4v) is 3.86. The summed E-state index contributed by atoms with van der Waals surface area (Å²) in [6.45, 7) is -0.00404. The Hall–Kier alpha value is -3.52. The van der Waals surface area contributed by atoms with Crippen LogP contribution in [0.25, 0.3) is 21.9 Å². The molecule has 0 aliphatic carbocycles. The molecule has 8 heteroatoms. The Balaban J connectivity index is 1.50. The van der Waals surface area contributed by atoms with E-state index < -0.39 is 9.84 Å². The van der Waals surface area contributed by atoms with Gasteiger partial charge in [0.2, 0.25) is 5.91 Å². The van der Waals surface area contributed by atoms with Gasteiger partial charge in [0.05, 0.1) is 24.2 Å². The number of furan rings is 1. The zero-order valence-corrected chi connectivity index (χ0v) is 17.2. The van der Waals surface area contributed by atoms with E-state index in [1.54, 1.807) is 19.2 Å². The lowest BCUT2D eigenvalue weighted by Gasteiger charge is -2.12. The Morgan fingerprint density at radius 2 is 1.73 bits per heavy atom. The highest BCUT2D eigenvalue weighted by Gasteiger charge is 2.13. The van der Waals surface area contributed by atoms with Crippen molar-refractivity contribution in [3.05, 3.63) is 60.7 Å². The lowest BCUT2D eigenvalue weighted by atomic mass is 10.1. The number of benzene rings is 3. The number of sulfone groups is 1. The van der Waals surface area contributed by atoms with Gasteiger partial charge in [0, 0.05) is 28.8 Å². The van der Waals surface area contributed by atoms with Crippen LogP contribution in [0.15, 0.2) is 70.0 Å². The largest absolute Gasteiger partial charge is 0.495 e. The molecule has 0 radical (unpaired) electrons.